The van der Waals surface area contributed by atoms with Gasteiger partial charge in [0.2, 0.25) is 11.8 Å². The van der Waals surface area contributed by atoms with E-state index in [0.717, 1.165) is 0 Å². The Morgan fingerprint density at radius 2 is 1.68 bits per heavy atom. The second-order valence-electron chi connectivity index (χ2n) is 6.30. The van der Waals surface area contributed by atoms with Gasteiger partial charge in [0.05, 0.1) is 7.11 Å². The van der Waals surface area contributed by atoms with Crippen LogP contribution in [0.1, 0.15) is 32.8 Å². The first-order valence-electron chi connectivity index (χ1n) is 8.12. The maximum atomic E-state index is 13.0. The number of benzene rings is 1. The van der Waals surface area contributed by atoms with Crippen LogP contribution >= 0.6 is 0 Å². The summed E-state index contributed by atoms with van der Waals surface area (Å²) in [5.41, 5.74) is 0.689. The number of nitrogens with one attached hydrogen (secondary N) is 2. The Kier molecular flexibility index (Phi) is 8.04. The van der Waals surface area contributed by atoms with Crippen LogP contribution in [-0.2, 0) is 25.5 Å². The van der Waals surface area contributed by atoms with E-state index in [1.165, 1.54) is 26.2 Å². The van der Waals surface area contributed by atoms with Crippen molar-refractivity contribution >= 4 is 17.8 Å². The summed E-state index contributed by atoms with van der Waals surface area (Å²) in [6.07, 6.45) is 0.600. The molecule has 0 heterocycles. The first-order valence-corrected chi connectivity index (χ1v) is 8.12. The fourth-order valence-electron chi connectivity index (χ4n) is 2.41. The van der Waals surface area contributed by atoms with Gasteiger partial charge in [-0.1, -0.05) is 26.0 Å². The SMILES string of the molecule is COC(=O)[C@@H](CC(C)C)NC(=O)[C@@H](Cc1ccc(F)cc1)NC(C)=O. The summed E-state index contributed by atoms with van der Waals surface area (Å²) in [7, 11) is 1.26. The van der Waals surface area contributed by atoms with Crippen molar-refractivity contribution in [3.8, 4) is 0 Å². The van der Waals surface area contributed by atoms with Crippen LogP contribution in [0, 0.1) is 11.7 Å². The predicted octanol–water partition coefficient (Wildman–Crippen LogP) is 1.58. The first-order chi connectivity index (χ1) is 11.7. The summed E-state index contributed by atoms with van der Waals surface area (Å²) in [6.45, 7) is 5.15. The molecule has 138 valence electrons. The van der Waals surface area contributed by atoms with E-state index >= 15 is 0 Å². The molecule has 0 aliphatic heterocycles. The smallest absolute Gasteiger partial charge is 0.328 e. The molecule has 0 aliphatic rings. The van der Waals surface area contributed by atoms with Gasteiger partial charge in [-0.3, -0.25) is 9.59 Å². The number of rotatable bonds is 8. The molecule has 2 N–H and O–H groups in total. The van der Waals surface area contributed by atoms with Crippen LogP contribution in [0.4, 0.5) is 4.39 Å². The third-order valence-corrected chi connectivity index (χ3v) is 3.56. The molecule has 1 aromatic rings. The molecular formula is C18H25FN2O4. The summed E-state index contributed by atoms with van der Waals surface area (Å²) < 4.78 is 17.7. The minimum Gasteiger partial charge on any atom is -0.467 e. The van der Waals surface area contributed by atoms with Gasteiger partial charge in [0, 0.05) is 13.3 Å². The van der Waals surface area contributed by atoms with Crippen molar-refractivity contribution in [3.05, 3.63) is 35.6 Å². The van der Waals surface area contributed by atoms with Gasteiger partial charge in [0.25, 0.3) is 0 Å². The third-order valence-electron chi connectivity index (χ3n) is 3.56. The van der Waals surface area contributed by atoms with Gasteiger partial charge in [-0.25, -0.2) is 9.18 Å². The molecule has 0 aliphatic carbocycles. The van der Waals surface area contributed by atoms with Crippen molar-refractivity contribution in [1.29, 1.82) is 0 Å². The summed E-state index contributed by atoms with van der Waals surface area (Å²) in [5, 5.41) is 5.20. The maximum absolute atomic E-state index is 13.0. The summed E-state index contributed by atoms with van der Waals surface area (Å²) >= 11 is 0. The molecule has 1 rings (SSSR count). The molecule has 25 heavy (non-hydrogen) atoms. The number of hydrogen-bond donors (Lipinski definition) is 2. The number of halogens is 1. The second kappa shape index (κ2) is 9.76. The van der Waals surface area contributed by atoms with Crippen LogP contribution < -0.4 is 10.6 Å². The highest BCUT2D eigenvalue weighted by Gasteiger charge is 2.27. The van der Waals surface area contributed by atoms with E-state index in [1.807, 2.05) is 13.8 Å². The van der Waals surface area contributed by atoms with E-state index < -0.39 is 24.0 Å². The van der Waals surface area contributed by atoms with E-state index in [1.54, 1.807) is 12.1 Å². The highest BCUT2D eigenvalue weighted by Crippen LogP contribution is 2.09. The van der Waals surface area contributed by atoms with Crippen LogP contribution in [0.25, 0.3) is 0 Å². The Morgan fingerprint density at radius 1 is 1.08 bits per heavy atom. The molecule has 0 spiro atoms. The van der Waals surface area contributed by atoms with Crippen molar-refractivity contribution < 1.29 is 23.5 Å². The van der Waals surface area contributed by atoms with Crippen LogP contribution in [0.3, 0.4) is 0 Å². The molecule has 0 radical (unpaired) electrons. The van der Waals surface area contributed by atoms with Gasteiger partial charge in [-0.05, 0) is 30.0 Å². The monoisotopic (exact) mass is 352 g/mol. The van der Waals surface area contributed by atoms with Gasteiger partial charge in [0.15, 0.2) is 0 Å². The molecule has 6 nitrogen and oxygen atoms in total. The van der Waals surface area contributed by atoms with Crippen LogP contribution in [0.2, 0.25) is 0 Å². The molecule has 0 bridgehead atoms. The van der Waals surface area contributed by atoms with Crippen molar-refractivity contribution in [2.45, 2.75) is 45.7 Å². The number of amides is 2. The Labute approximate surface area is 147 Å². The lowest BCUT2D eigenvalue weighted by Gasteiger charge is -2.23. The van der Waals surface area contributed by atoms with Gasteiger partial charge in [0.1, 0.15) is 17.9 Å². The van der Waals surface area contributed by atoms with E-state index in [4.69, 9.17) is 4.74 Å². The molecule has 0 unspecified atom stereocenters. The standard InChI is InChI=1S/C18H25FN2O4/c1-11(2)9-16(18(24)25-4)21-17(23)15(20-12(3)22)10-13-5-7-14(19)8-6-13/h5-8,11,15-16H,9-10H2,1-4H3,(H,20,22)(H,21,23)/t15-,16-/m1/s1. The van der Waals surface area contributed by atoms with E-state index in [0.29, 0.717) is 12.0 Å². The van der Waals surface area contributed by atoms with Crippen molar-refractivity contribution in [2.75, 3.05) is 7.11 Å². The fourth-order valence-corrected chi connectivity index (χ4v) is 2.41. The zero-order chi connectivity index (χ0) is 19.0. The number of carbonyl (C=O) groups excluding carboxylic acids is 3. The second-order valence-corrected chi connectivity index (χ2v) is 6.30. The summed E-state index contributed by atoms with van der Waals surface area (Å²) in [4.78, 5) is 35.8. The van der Waals surface area contributed by atoms with Gasteiger partial charge < -0.3 is 15.4 Å². The lowest BCUT2D eigenvalue weighted by molar-refractivity contribution is -0.145. The molecular weight excluding hydrogens is 327 g/mol. The number of hydrogen-bond acceptors (Lipinski definition) is 4. The highest BCUT2D eigenvalue weighted by atomic mass is 19.1. The quantitative estimate of drug-likeness (QED) is 0.696. The molecule has 1 aromatic carbocycles. The Hall–Kier alpha value is -2.44. The molecule has 7 heteroatoms. The van der Waals surface area contributed by atoms with Gasteiger partial charge >= 0.3 is 5.97 Å². The van der Waals surface area contributed by atoms with E-state index in [9.17, 15) is 18.8 Å². The molecule has 0 fully saturated rings. The normalized spacial score (nSPS) is 13.0. The zero-order valence-corrected chi connectivity index (χ0v) is 15.0. The Bertz CT molecular complexity index is 602. The third kappa shape index (κ3) is 7.32. The van der Waals surface area contributed by atoms with Gasteiger partial charge in [-0.2, -0.15) is 0 Å². The molecule has 0 saturated heterocycles. The van der Waals surface area contributed by atoms with Crippen LogP contribution in [-0.4, -0.2) is 37.0 Å². The highest BCUT2D eigenvalue weighted by molar-refractivity contribution is 5.90. The topological polar surface area (TPSA) is 84.5 Å². The maximum Gasteiger partial charge on any atom is 0.328 e. The lowest BCUT2D eigenvalue weighted by atomic mass is 10.0. The minimum atomic E-state index is -0.873. The van der Waals surface area contributed by atoms with Crippen molar-refractivity contribution in [1.82, 2.24) is 10.6 Å². The summed E-state index contributed by atoms with van der Waals surface area (Å²) in [5.74, 6) is -1.62. The fraction of sp³-hybridized carbons (Fsp3) is 0.500. The molecule has 0 aromatic heterocycles. The number of ether oxygens (including phenoxy) is 1. The predicted molar refractivity (Wildman–Crippen MR) is 91.1 cm³/mol. The largest absolute Gasteiger partial charge is 0.467 e. The summed E-state index contributed by atoms with van der Waals surface area (Å²) in [6, 6.07) is 4.00. The van der Waals surface area contributed by atoms with Crippen molar-refractivity contribution in [3.63, 3.8) is 0 Å². The average molecular weight is 352 g/mol. The first kappa shape index (κ1) is 20.6. The Morgan fingerprint density at radius 3 is 2.16 bits per heavy atom. The zero-order valence-electron chi connectivity index (χ0n) is 15.0. The Balaban J connectivity index is 2.88. The number of carbonyl (C=O) groups is 3. The molecule has 2 amide bonds. The minimum absolute atomic E-state index is 0.167. The van der Waals surface area contributed by atoms with Gasteiger partial charge in [-0.15, -0.1) is 0 Å². The number of esters is 1. The molecule has 2 atom stereocenters. The van der Waals surface area contributed by atoms with E-state index in [-0.39, 0.29) is 24.1 Å². The lowest BCUT2D eigenvalue weighted by Crippen LogP contribution is -2.52. The average Bonchev–Trinajstić information content (AvgIpc) is 2.54. The van der Waals surface area contributed by atoms with Crippen LogP contribution in [0.15, 0.2) is 24.3 Å². The molecule has 0 saturated carbocycles. The van der Waals surface area contributed by atoms with E-state index in [2.05, 4.69) is 10.6 Å². The van der Waals surface area contributed by atoms with Crippen LogP contribution in [0.5, 0.6) is 0 Å². The number of methoxy groups -OCH3 is 1. The van der Waals surface area contributed by atoms with Crippen molar-refractivity contribution in [2.24, 2.45) is 5.92 Å².